The van der Waals surface area contributed by atoms with Crippen LogP contribution < -0.4 is 5.73 Å². The van der Waals surface area contributed by atoms with E-state index in [2.05, 4.69) is 0 Å². The topological polar surface area (TPSA) is 91.1 Å². The number of primary amides is 1. The van der Waals surface area contributed by atoms with Crippen LogP contribution in [0, 0.1) is 20.8 Å². The van der Waals surface area contributed by atoms with Gasteiger partial charge in [-0.1, -0.05) is 17.7 Å². The molecule has 1 amide bonds. The number of hydrogen-bond donors (Lipinski definition) is 1. The molecular formula is C19H24N2O5. The molecule has 0 radical (unpaired) electrons. The van der Waals surface area contributed by atoms with E-state index in [9.17, 15) is 9.59 Å². The Bertz CT molecular complexity index is 768. The highest BCUT2D eigenvalue weighted by molar-refractivity contribution is 6.20. The zero-order valence-corrected chi connectivity index (χ0v) is 15.5. The molecule has 26 heavy (non-hydrogen) atoms. The van der Waals surface area contributed by atoms with Crippen molar-refractivity contribution in [2.75, 3.05) is 20.2 Å². The van der Waals surface area contributed by atoms with Gasteiger partial charge in [0, 0.05) is 25.9 Å². The van der Waals surface area contributed by atoms with Crippen molar-refractivity contribution in [3.05, 3.63) is 40.1 Å². The third kappa shape index (κ3) is 3.08. The standard InChI is InChI=1S/C19H24N2O5/c1-11-9-12(2)14(13(3)10-11)15-16(25-18(20)23)19(26-17(15)22)5-7-21(24-4)8-6-19/h9-10H,5-8H2,1-4H3,(H2,20,23). The molecule has 0 unspecified atom stereocenters. The highest BCUT2D eigenvalue weighted by Crippen LogP contribution is 2.46. The van der Waals surface area contributed by atoms with Crippen LogP contribution in [0.25, 0.3) is 5.57 Å². The van der Waals surface area contributed by atoms with Gasteiger partial charge in [0.05, 0.1) is 7.11 Å². The Morgan fingerprint density at radius 1 is 1.19 bits per heavy atom. The Morgan fingerprint density at radius 2 is 1.77 bits per heavy atom. The Labute approximate surface area is 152 Å². The number of amides is 1. The van der Waals surface area contributed by atoms with Gasteiger partial charge in [-0.25, -0.2) is 9.59 Å². The molecule has 2 heterocycles. The summed E-state index contributed by atoms with van der Waals surface area (Å²) in [6.45, 7) is 6.95. The lowest BCUT2D eigenvalue weighted by Crippen LogP contribution is -2.46. The third-order valence-electron chi connectivity index (χ3n) is 5.05. The first-order chi connectivity index (χ1) is 12.3. The minimum absolute atomic E-state index is 0.223. The van der Waals surface area contributed by atoms with Crippen LogP contribution in [0.1, 0.15) is 35.1 Å². The van der Waals surface area contributed by atoms with Gasteiger partial charge in [-0.3, -0.25) is 0 Å². The zero-order chi connectivity index (χ0) is 19.1. The van der Waals surface area contributed by atoms with Gasteiger partial charge in [0.2, 0.25) is 0 Å². The molecule has 140 valence electrons. The molecule has 1 aromatic carbocycles. The summed E-state index contributed by atoms with van der Waals surface area (Å²) >= 11 is 0. The Balaban J connectivity index is 2.15. The molecule has 0 atom stereocenters. The maximum atomic E-state index is 12.8. The van der Waals surface area contributed by atoms with Gasteiger partial charge in [-0.05, 0) is 37.5 Å². The maximum absolute atomic E-state index is 12.8. The number of esters is 1. The second kappa shape index (κ2) is 6.74. The third-order valence-corrected chi connectivity index (χ3v) is 5.05. The number of aryl methyl sites for hydroxylation is 3. The number of hydrogen-bond acceptors (Lipinski definition) is 6. The summed E-state index contributed by atoms with van der Waals surface area (Å²) in [4.78, 5) is 29.6. The number of piperidine rings is 1. The average molecular weight is 360 g/mol. The number of carbonyl (C=O) groups excluding carboxylic acids is 2. The van der Waals surface area contributed by atoms with Crippen LogP contribution in [0.4, 0.5) is 4.79 Å². The molecule has 0 aliphatic carbocycles. The molecule has 3 rings (SSSR count). The fourth-order valence-corrected chi connectivity index (χ4v) is 3.99. The summed E-state index contributed by atoms with van der Waals surface area (Å²) in [5.41, 5.74) is 8.29. The molecule has 0 aromatic heterocycles. The van der Waals surface area contributed by atoms with E-state index in [0.29, 0.717) is 31.5 Å². The van der Waals surface area contributed by atoms with E-state index in [1.54, 1.807) is 12.2 Å². The first-order valence-electron chi connectivity index (χ1n) is 8.60. The van der Waals surface area contributed by atoms with E-state index in [1.807, 2.05) is 32.9 Å². The maximum Gasteiger partial charge on any atom is 0.409 e. The quantitative estimate of drug-likeness (QED) is 0.832. The summed E-state index contributed by atoms with van der Waals surface area (Å²) in [5, 5.41) is 1.78. The van der Waals surface area contributed by atoms with Crippen LogP contribution >= 0.6 is 0 Å². The van der Waals surface area contributed by atoms with Crippen LogP contribution in [0.2, 0.25) is 0 Å². The van der Waals surface area contributed by atoms with E-state index in [4.69, 9.17) is 20.0 Å². The fraction of sp³-hybridized carbons (Fsp3) is 0.474. The van der Waals surface area contributed by atoms with Crippen molar-refractivity contribution in [2.24, 2.45) is 5.73 Å². The smallest absolute Gasteiger partial charge is 0.409 e. The van der Waals surface area contributed by atoms with Crippen molar-refractivity contribution in [1.82, 2.24) is 5.06 Å². The van der Waals surface area contributed by atoms with Crippen LogP contribution in [0.15, 0.2) is 17.9 Å². The molecule has 1 saturated heterocycles. The lowest BCUT2D eigenvalue weighted by molar-refractivity contribution is -0.182. The number of ether oxygens (including phenoxy) is 2. The SMILES string of the molecule is CON1CCC2(CC1)OC(=O)C(c1c(C)cc(C)cc1C)=C2OC(N)=O. The Kier molecular flexibility index (Phi) is 4.77. The van der Waals surface area contributed by atoms with Crippen molar-refractivity contribution in [2.45, 2.75) is 39.2 Å². The van der Waals surface area contributed by atoms with Crippen LogP contribution in [0.5, 0.6) is 0 Å². The first-order valence-corrected chi connectivity index (χ1v) is 8.60. The normalized spacial score (nSPS) is 19.8. The number of nitrogens with zero attached hydrogens (tertiary/aromatic N) is 1. The predicted molar refractivity (Wildman–Crippen MR) is 94.9 cm³/mol. The highest BCUT2D eigenvalue weighted by atomic mass is 16.7. The van der Waals surface area contributed by atoms with Crippen LogP contribution in [-0.4, -0.2) is 42.9 Å². The van der Waals surface area contributed by atoms with Gasteiger partial charge in [-0.2, -0.15) is 5.06 Å². The van der Waals surface area contributed by atoms with Crippen molar-refractivity contribution in [3.8, 4) is 0 Å². The van der Waals surface area contributed by atoms with Crippen molar-refractivity contribution >= 4 is 17.6 Å². The monoisotopic (exact) mass is 360 g/mol. The molecule has 1 aromatic rings. The minimum atomic E-state index is -0.986. The van der Waals surface area contributed by atoms with E-state index in [-0.39, 0.29) is 5.76 Å². The zero-order valence-electron chi connectivity index (χ0n) is 15.5. The highest BCUT2D eigenvalue weighted by Gasteiger charge is 2.52. The second-order valence-electron chi connectivity index (χ2n) is 6.89. The molecule has 0 saturated carbocycles. The Hall–Kier alpha value is -2.38. The lowest BCUT2D eigenvalue weighted by Gasteiger charge is -2.37. The molecule has 2 aliphatic rings. The summed E-state index contributed by atoms with van der Waals surface area (Å²) in [5.74, 6) is -0.261. The molecule has 1 spiro atoms. The number of hydroxylamine groups is 2. The number of nitrogens with two attached hydrogens (primary N) is 1. The summed E-state index contributed by atoms with van der Waals surface area (Å²) in [6.07, 6.45) is -0.0301. The first kappa shape index (κ1) is 18.4. The molecule has 7 heteroatoms. The van der Waals surface area contributed by atoms with Gasteiger partial charge >= 0.3 is 12.1 Å². The molecule has 1 fully saturated rings. The van der Waals surface area contributed by atoms with Crippen molar-refractivity contribution in [1.29, 1.82) is 0 Å². The summed E-state index contributed by atoms with van der Waals surface area (Å²) in [7, 11) is 1.60. The lowest BCUT2D eigenvalue weighted by atomic mass is 9.86. The minimum Gasteiger partial charge on any atom is -0.447 e. The largest absolute Gasteiger partial charge is 0.447 e. The van der Waals surface area contributed by atoms with Crippen molar-refractivity contribution in [3.63, 3.8) is 0 Å². The fourth-order valence-electron chi connectivity index (χ4n) is 3.99. The summed E-state index contributed by atoms with van der Waals surface area (Å²) < 4.78 is 11.1. The molecule has 2 aliphatic heterocycles. The van der Waals surface area contributed by atoms with Gasteiger partial charge in [0.25, 0.3) is 0 Å². The van der Waals surface area contributed by atoms with Gasteiger partial charge < -0.3 is 20.0 Å². The Morgan fingerprint density at radius 3 is 2.27 bits per heavy atom. The second-order valence-corrected chi connectivity index (χ2v) is 6.89. The predicted octanol–water partition coefficient (Wildman–Crippen LogP) is 2.37. The van der Waals surface area contributed by atoms with Gasteiger partial charge in [0.1, 0.15) is 5.57 Å². The molecule has 2 N–H and O–H groups in total. The van der Waals surface area contributed by atoms with Gasteiger partial charge in [-0.15, -0.1) is 0 Å². The van der Waals surface area contributed by atoms with E-state index < -0.39 is 17.7 Å². The van der Waals surface area contributed by atoms with E-state index >= 15 is 0 Å². The summed E-state index contributed by atoms with van der Waals surface area (Å²) in [6, 6.07) is 3.98. The van der Waals surface area contributed by atoms with Crippen LogP contribution in [-0.2, 0) is 19.1 Å². The van der Waals surface area contributed by atoms with Crippen LogP contribution in [0.3, 0.4) is 0 Å². The van der Waals surface area contributed by atoms with E-state index in [0.717, 1.165) is 22.3 Å². The molecule has 7 nitrogen and oxygen atoms in total. The number of benzene rings is 1. The van der Waals surface area contributed by atoms with Gasteiger partial charge in [0.15, 0.2) is 11.4 Å². The molecule has 0 bridgehead atoms. The number of rotatable bonds is 3. The number of carbonyl (C=O) groups is 2. The molecular weight excluding hydrogens is 336 g/mol. The van der Waals surface area contributed by atoms with Crippen molar-refractivity contribution < 1.29 is 23.9 Å². The van der Waals surface area contributed by atoms with E-state index in [1.165, 1.54) is 0 Å². The average Bonchev–Trinajstić information content (AvgIpc) is 2.79.